The van der Waals surface area contributed by atoms with Crippen molar-refractivity contribution in [3.05, 3.63) is 53.5 Å². The molecule has 1 aliphatic rings. The molecule has 1 unspecified atom stereocenters. The second-order valence-electron chi connectivity index (χ2n) is 5.37. The highest BCUT2D eigenvalue weighted by atomic mass is 19.1. The van der Waals surface area contributed by atoms with Crippen LogP contribution in [-0.2, 0) is 6.42 Å². The minimum Gasteiger partial charge on any atom is -0.325 e. The zero-order valence-corrected chi connectivity index (χ0v) is 12.4. The molecular formula is C17H20FN3. The molecule has 1 atom stereocenters. The van der Waals surface area contributed by atoms with Gasteiger partial charge in [0.15, 0.2) is 0 Å². The molecule has 0 spiro atoms. The van der Waals surface area contributed by atoms with Crippen LogP contribution in [0.2, 0.25) is 0 Å². The van der Waals surface area contributed by atoms with Crippen LogP contribution in [0.25, 0.3) is 0 Å². The summed E-state index contributed by atoms with van der Waals surface area (Å²) in [6.07, 6.45) is 2.73. The molecule has 0 aliphatic carbocycles. The number of pyridine rings is 1. The standard InChI is InChI=1S/C17H20FN3/c1-3-19-12(2)15-5-4-9-20-17(15)21-10-8-13-6-7-14(18)11-16(13)21/h4-7,9,11-12,19H,3,8,10H2,1-2H3. The average Bonchev–Trinajstić information content (AvgIpc) is 2.90. The van der Waals surface area contributed by atoms with Gasteiger partial charge in [0.2, 0.25) is 0 Å². The fourth-order valence-electron chi connectivity index (χ4n) is 2.96. The number of rotatable bonds is 4. The van der Waals surface area contributed by atoms with E-state index in [4.69, 9.17) is 0 Å². The van der Waals surface area contributed by atoms with E-state index in [1.54, 1.807) is 12.3 Å². The summed E-state index contributed by atoms with van der Waals surface area (Å²) in [5.41, 5.74) is 3.28. The molecule has 0 amide bonds. The summed E-state index contributed by atoms with van der Waals surface area (Å²) < 4.78 is 13.6. The van der Waals surface area contributed by atoms with E-state index >= 15 is 0 Å². The van der Waals surface area contributed by atoms with Crippen LogP contribution in [0.4, 0.5) is 15.9 Å². The highest BCUT2D eigenvalue weighted by Gasteiger charge is 2.25. The van der Waals surface area contributed by atoms with Gasteiger partial charge >= 0.3 is 0 Å². The number of fused-ring (bicyclic) bond motifs is 1. The van der Waals surface area contributed by atoms with Gasteiger partial charge in [-0.25, -0.2) is 9.37 Å². The van der Waals surface area contributed by atoms with E-state index in [0.717, 1.165) is 36.6 Å². The number of halogens is 1. The molecule has 1 aromatic heterocycles. The molecule has 0 fully saturated rings. The van der Waals surface area contributed by atoms with Gasteiger partial charge in [0.1, 0.15) is 11.6 Å². The molecule has 2 aromatic rings. The van der Waals surface area contributed by atoms with Gasteiger partial charge in [-0.3, -0.25) is 0 Å². The zero-order valence-electron chi connectivity index (χ0n) is 12.4. The van der Waals surface area contributed by atoms with Crippen LogP contribution in [0.1, 0.15) is 31.0 Å². The van der Waals surface area contributed by atoms with Crippen molar-refractivity contribution in [2.75, 3.05) is 18.0 Å². The van der Waals surface area contributed by atoms with Crippen molar-refractivity contribution >= 4 is 11.5 Å². The summed E-state index contributed by atoms with van der Waals surface area (Å²) in [7, 11) is 0. The van der Waals surface area contributed by atoms with Gasteiger partial charge in [0.05, 0.1) is 0 Å². The second-order valence-corrected chi connectivity index (χ2v) is 5.37. The first-order valence-electron chi connectivity index (χ1n) is 7.45. The van der Waals surface area contributed by atoms with Gasteiger partial charge in [0.25, 0.3) is 0 Å². The van der Waals surface area contributed by atoms with E-state index < -0.39 is 0 Å². The molecule has 3 nitrogen and oxygen atoms in total. The van der Waals surface area contributed by atoms with Crippen LogP contribution in [0.15, 0.2) is 36.5 Å². The van der Waals surface area contributed by atoms with Gasteiger partial charge in [-0.1, -0.05) is 19.1 Å². The largest absolute Gasteiger partial charge is 0.325 e. The summed E-state index contributed by atoms with van der Waals surface area (Å²) in [6.45, 7) is 5.97. The fourth-order valence-corrected chi connectivity index (χ4v) is 2.96. The monoisotopic (exact) mass is 285 g/mol. The summed E-state index contributed by atoms with van der Waals surface area (Å²) in [6, 6.07) is 9.28. The van der Waals surface area contributed by atoms with Crippen molar-refractivity contribution < 1.29 is 4.39 Å². The lowest BCUT2D eigenvalue weighted by Crippen LogP contribution is -2.23. The molecule has 110 valence electrons. The maximum absolute atomic E-state index is 13.6. The normalized spacial score (nSPS) is 15.1. The van der Waals surface area contributed by atoms with Crippen molar-refractivity contribution in [3.8, 4) is 0 Å². The lowest BCUT2D eigenvalue weighted by molar-refractivity contribution is 0.596. The molecule has 21 heavy (non-hydrogen) atoms. The van der Waals surface area contributed by atoms with Crippen molar-refractivity contribution in [3.63, 3.8) is 0 Å². The minimum absolute atomic E-state index is 0.196. The first-order valence-corrected chi connectivity index (χ1v) is 7.45. The number of nitrogens with one attached hydrogen (secondary N) is 1. The van der Waals surface area contributed by atoms with Crippen molar-refractivity contribution in [2.45, 2.75) is 26.3 Å². The fraction of sp³-hybridized carbons (Fsp3) is 0.353. The van der Waals surface area contributed by atoms with Crippen molar-refractivity contribution in [1.29, 1.82) is 0 Å². The molecule has 1 aliphatic heterocycles. The third-order valence-electron chi connectivity index (χ3n) is 3.99. The number of hydrogen-bond acceptors (Lipinski definition) is 3. The van der Waals surface area contributed by atoms with E-state index in [1.807, 2.05) is 12.1 Å². The minimum atomic E-state index is -0.196. The number of anilines is 2. The van der Waals surface area contributed by atoms with Crippen LogP contribution in [-0.4, -0.2) is 18.1 Å². The molecule has 1 N–H and O–H groups in total. The average molecular weight is 285 g/mol. The Morgan fingerprint density at radius 2 is 2.24 bits per heavy atom. The van der Waals surface area contributed by atoms with Crippen LogP contribution < -0.4 is 10.2 Å². The van der Waals surface area contributed by atoms with Gasteiger partial charge in [0, 0.05) is 30.0 Å². The predicted octanol–water partition coefficient (Wildman–Crippen LogP) is 3.59. The molecule has 3 rings (SSSR count). The molecule has 2 heterocycles. The third-order valence-corrected chi connectivity index (χ3v) is 3.99. The zero-order chi connectivity index (χ0) is 14.8. The SMILES string of the molecule is CCNC(C)c1cccnc1N1CCc2ccc(F)cc21. The van der Waals surface area contributed by atoms with Crippen molar-refractivity contribution in [2.24, 2.45) is 0 Å². The van der Waals surface area contributed by atoms with E-state index in [0.29, 0.717) is 0 Å². The Labute approximate surface area is 124 Å². The maximum atomic E-state index is 13.6. The lowest BCUT2D eigenvalue weighted by Gasteiger charge is -2.24. The first-order chi connectivity index (χ1) is 10.2. The van der Waals surface area contributed by atoms with Crippen LogP contribution in [0, 0.1) is 5.82 Å². The Morgan fingerprint density at radius 1 is 1.38 bits per heavy atom. The highest BCUT2D eigenvalue weighted by molar-refractivity contribution is 5.69. The number of hydrogen-bond donors (Lipinski definition) is 1. The first kappa shape index (κ1) is 14.0. The summed E-state index contributed by atoms with van der Waals surface area (Å²) in [5.74, 6) is 0.730. The van der Waals surface area contributed by atoms with Crippen LogP contribution in [0.5, 0.6) is 0 Å². The molecule has 0 saturated carbocycles. The molecule has 0 saturated heterocycles. The van der Waals surface area contributed by atoms with Gasteiger partial charge in [-0.05, 0) is 43.7 Å². The molecule has 0 bridgehead atoms. The van der Waals surface area contributed by atoms with E-state index in [1.165, 1.54) is 11.6 Å². The predicted molar refractivity (Wildman–Crippen MR) is 83.4 cm³/mol. The van der Waals surface area contributed by atoms with Crippen LogP contribution in [0.3, 0.4) is 0 Å². The van der Waals surface area contributed by atoms with Gasteiger partial charge in [-0.2, -0.15) is 0 Å². The molecule has 1 aromatic carbocycles. The third kappa shape index (κ3) is 2.63. The molecule has 4 heteroatoms. The van der Waals surface area contributed by atoms with E-state index in [-0.39, 0.29) is 11.9 Å². The summed E-state index contributed by atoms with van der Waals surface area (Å²) in [4.78, 5) is 6.68. The van der Waals surface area contributed by atoms with Crippen molar-refractivity contribution in [1.82, 2.24) is 10.3 Å². The van der Waals surface area contributed by atoms with E-state index in [9.17, 15) is 4.39 Å². The number of aromatic nitrogens is 1. The smallest absolute Gasteiger partial charge is 0.137 e. The number of benzene rings is 1. The Balaban J connectivity index is 2.02. The summed E-state index contributed by atoms with van der Waals surface area (Å²) >= 11 is 0. The molecular weight excluding hydrogens is 265 g/mol. The summed E-state index contributed by atoms with van der Waals surface area (Å²) in [5, 5.41) is 3.42. The van der Waals surface area contributed by atoms with Gasteiger partial charge in [-0.15, -0.1) is 0 Å². The number of nitrogens with zero attached hydrogens (tertiary/aromatic N) is 2. The second kappa shape index (κ2) is 5.82. The Hall–Kier alpha value is -1.94. The molecule has 0 radical (unpaired) electrons. The lowest BCUT2D eigenvalue weighted by atomic mass is 10.1. The van der Waals surface area contributed by atoms with E-state index in [2.05, 4.69) is 35.1 Å². The topological polar surface area (TPSA) is 28.2 Å². The van der Waals surface area contributed by atoms with Crippen LogP contribution >= 0.6 is 0 Å². The Morgan fingerprint density at radius 3 is 3.05 bits per heavy atom. The quantitative estimate of drug-likeness (QED) is 0.930. The highest BCUT2D eigenvalue weighted by Crippen LogP contribution is 2.36. The maximum Gasteiger partial charge on any atom is 0.137 e. The Bertz CT molecular complexity index is 642. The Kier molecular flexibility index (Phi) is 3.88. The van der Waals surface area contributed by atoms with Gasteiger partial charge < -0.3 is 10.2 Å².